The number of piperazine rings is 1. The van der Waals surface area contributed by atoms with Crippen LogP contribution < -0.4 is 5.32 Å². The molecule has 3 rings (SSSR count). The lowest BCUT2D eigenvalue weighted by atomic mass is 10.1. The highest BCUT2D eigenvalue weighted by Gasteiger charge is 2.21. The fourth-order valence-electron chi connectivity index (χ4n) is 3.10. The van der Waals surface area contributed by atoms with Crippen molar-refractivity contribution in [2.75, 3.05) is 46.4 Å². The summed E-state index contributed by atoms with van der Waals surface area (Å²) >= 11 is 0. The molecule has 0 aromatic heterocycles. The van der Waals surface area contributed by atoms with Crippen LogP contribution in [-0.4, -0.2) is 74.1 Å². The van der Waals surface area contributed by atoms with Crippen molar-refractivity contribution in [2.45, 2.75) is 18.9 Å². The third kappa shape index (κ3) is 4.13. The Balaban J connectivity index is 1.60. The Bertz CT molecular complexity index is 591. The lowest BCUT2D eigenvalue weighted by Gasteiger charge is -2.32. The standard InChI is InChI=1S/C18H25N3O3/c1-20-7-9-21(10-8-20)18(23)15-5-2-4-14(12-15)17(22)19-13-16-6-3-11-24-16/h2,4-5,12,16H,3,6-11,13H2,1H3,(H,19,22). The van der Waals surface area contributed by atoms with E-state index in [2.05, 4.69) is 17.3 Å². The minimum absolute atomic E-state index is 0.00289. The summed E-state index contributed by atoms with van der Waals surface area (Å²) in [5.74, 6) is -0.157. The van der Waals surface area contributed by atoms with E-state index in [1.54, 1.807) is 24.3 Å². The van der Waals surface area contributed by atoms with E-state index in [4.69, 9.17) is 4.74 Å². The average molecular weight is 331 g/mol. The van der Waals surface area contributed by atoms with E-state index in [-0.39, 0.29) is 17.9 Å². The van der Waals surface area contributed by atoms with Gasteiger partial charge in [0.2, 0.25) is 0 Å². The van der Waals surface area contributed by atoms with Gasteiger partial charge in [0.15, 0.2) is 0 Å². The minimum atomic E-state index is -0.154. The predicted molar refractivity (Wildman–Crippen MR) is 91.1 cm³/mol. The van der Waals surface area contributed by atoms with Crippen molar-refractivity contribution in [1.29, 1.82) is 0 Å². The van der Waals surface area contributed by atoms with Gasteiger partial charge in [-0.25, -0.2) is 0 Å². The number of benzene rings is 1. The lowest BCUT2D eigenvalue weighted by molar-refractivity contribution is 0.0664. The van der Waals surface area contributed by atoms with E-state index in [1.807, 2.05) is 4.90 Å². The summed E-state index contributed by atoms with van der Waals surface area (Å²) in [5, 5.41) is 2.90. The Kier molecular flexibility index (Phi) is 5.48. The van der Waals surface area contributed by atoms with Crippen LogP contribution in [0.3, 0.4) is 0 Å². The number of amides is 2. The fourth-order valence-corrected chi connectivity index (χ4v) is 3.10. The number of rotatable bonds is 4. The molecule has 2 heterocycles. The highest BCUT2D eigenvalue weighted by atomic mass is 16.5. The van der Waals surface area contributed by atoms with Gasteiger partial charge in [0.05, 0.1) is 6.10 Å². The summed E-state index contributed by atoms with van der Waals surface area (Å²) in [6.45, 7) is 4.52. The van der Waals surface area contributed by atoms with Crippen LogP contribution in [-0.2, 0) is 4.74 Å². The van der Waals surface area contributed by atoms with Gasteiger partial charge in [-0.15, -0.1) is 0 Å². The van der Waals surface area contributed by atoms with Crippen LogP contribution in [0.1, 0.15) is 33.6 Å². The Morgan fingerprint density at radius 3 is 2.67 bits per heavy atom. The number of carbonyl (C=O) groups excluding carboxylic acids is 2. The van der Waals surface area contributed by atoms with Gasteiger partial charge in [0.25, 0.3) is 11.8 Å². The maximum atomic E-state index is 12.6. The molecule has 0 saturated carbocycles. The SMILES string of the molecule is CN1CCN(C(=O)c2cccc(C(=O)NCC3CCCO3)c2)CC1. The smallest absolute Gasteiger partial charge is 0.253 e. The highest BCUT2D eigenvalue weighted by Crippen LogP contribution is 2.13. The molecule has 0 spiro atoms. The maximum Gasteiger partial charge on any atom is 0.253 e. The Hall–Kier alpha value is -1.92. The first-order chi connectivity index (χ1) is 11.6. The molecule has 2 saturated heterocycles. The van der Waals surface area contributed by atoms with E-state index >= 15 is 0 Å². The van der Waals surface area contributed by atoms with Gasteiger partial charge < -0.3 is 19.9 Å². The Morgan fingerprint density at radius 2 is 1.96 bits per heavy atom. The van der Waals surface area contributed by atoms with Gasteiger partial charge in [-0.2, -0.15) is 0 Å². The molecule has 0 radical (unpaired) electrons. The molecule has 0 bridgehead atoms. The van der Waals surface area contributed by atoms with E-state index < -0.39 is 0 Å². The first kappa shape index (κ1) is 16.9. The molecule has 6 heteroatoms. The average Bonchev–Trinajstić information content (AvgIpc) is 3.13. The molecular weight excluding hydrogens is 306 g/mol. The third-order valence-corrected chi connectivity index (χ3v) is 4.68. The van der Waals surface area contributed by atoms with Crippen molar-refractivity contribution in [3.63, 3.8) is 0 Å². The molecule has 6 nitrogen and oxygen atoms in total. The van der Waals surface area contributed by atoms with Crippen LogP contribution in [0.25, 0.3) is 0 Å². The molecule has 24 heavy (non-hydrogen) atoms. The van der Waals surface area contributed by atoms with E-state index in [0.717, 1.165) is 45.6 Å². The molecule has 1 atom stereocenters. The third-order valence-electron chi connectivity index (χ3n) is 4.68. The summed E-state index contributed by atoms with van der Waals surface area (Å²) in [6, 6.07) is 6.97. The van der Waals surface area contributed by atoms with Gasteiger partial charge in [-0.05, 0) is 38.1 Å². The summed E-state index contributed by atoms with van der Waals surface area (Å²) < 4.78 is 5.51. The molecule has 1 aromatic carbocycles. The van der Waals surface area contributed by atoms with E-state index in [9.17, 15) is 9.59 Å². The quantitative estimate of drug-likeness (QED) is 0.893. The first-order valence-corrected chi connectivity index (χ1v) is 8.61. The molecule has 2 fully saturated rings. The number of carbonyl (C=O) groups is 2. The summed E-state index contributed by atoms with van der Waals surface area (Å²) in [5.41, 5.74) is 1.09. The van der Waals surface area contributed by atoms with Crippen LogP contribution in [0.5, 0.6) is 0 Å². The molecule has 0 aliphatic carbocycles. The molecule has 130 valence electrons. The van der Waals surface area contributed by atoms with Gasteiger partial charge >= 0.3 is 0 Å². The monoisotopic (exact) mass is 331 g/mol. The van der Waals surface area contributed by atoms with Crippen molar-refractivity contribution < 1.29 is 14.3 Å². The molecular formula is C18H25N3O3. The van der Waals surface area contributed by atoms with Crippen molar-refractivity contribution >= 4 is 11.8 Å². The molecule has 2 aliphatic rings. The largest absolute Gasteiger partial charge is 0.376 e. The second kappa shape index (κ2) is 7.77. The van der Waals surface area contributed by atoms with E-state index in [1.165, 1.54) is 0 Å². The van der Waals surface area contributed by atoms with Gasteiger partial charge in [0.1, 0.15) is 0 Å². The van der Waals surface area contributed by atoms with Crippen molar-refractivity contribution in [3.05, 3.63) is 35.4 Å². The number of nitrogens with zero attached hydrogens (tertiary/aromatic N) is 2. The van der Waals surface area contributed by atoms with Gasteiger partial charge in [-0.1, -0.05) is 6.07 Å². The van der Waals surface area contributed by atoms with Gasteiger partial charge in [0, 0.05) is 50.5 Å². The normalized spacial score (nSPS) is 21.7. The number of ether oxygens (including phenoxy) is 1. The zero-order chi connectivity index (χ0) is 16.9. The topological polar surface area (TPSA) is 61.9 Å². The predicted octanol–water partition coefficient (Wildman–Crippen LogP) is 0.983. The van der Waals surface area contributed by atoms with Crippen molar-refractivity contribution in [2.24, 2.45) is 0 Å². The van der Waals surface area contributed by atoms with Crippen molar-refractivity contribution in [1.82, 2.24) is 15.1 Å². The summed E-state index contributed by atoms with van der Waals surface area (Å²) in [7, 11) is 2.06. The van der Waals surface area contributed by atoms with Crippen LogP contribution in [0.4, 0.5) is 0 Å². The zero-order valence-electron chi connectivity index (χ0n) is 14.2. The van der Waals surface area contributed by atoms with Crippen LogP contribution in [0.15, 0.2) is 24.3 Å². The number of nitrogens with one attached hydrogen (secondary N) is 1. The first-order valence-electron chi connectivity index (χ1n) is 8.61. The van der Waals surface area contributed by atoms with Crippen LogP contribution in [0, 0.1) is 0 Å². The lowest BCUT2D eigenvalue weighted by Crippen LogP contribution is -2.47. The van der Waals surface area contributed by atoms with E-state index in [0.29, 0.717) is 17.7 Å². The summed E-state index contributed by atoms with van der Waals surface area (Å²) in [4.78, 5) is 29.0. The fraction of sp³-hybridized carbons (Fsp3) is 0.556. The molecule has 1 aromatic rings. The number of hydrogen-bond acceptors (Lipinski definition) is 4. The highest BCUT2D eigenvalue weighted by molar-refractivity contribution is 5.99. The molecule has 2 amide bonds. The molecule has 1 N–H and O–H groups in total. The summed E-state index contributed by atoms with van der Waals surface area (Å²) in [6.07, 6.45) is 2.15. The van der Waals surface area contributed by atoms with Gasteiger partial charge in [-0.3, -0.25) is 9.59 Å². The second-order valence-corrected chi connectivity index (χ2v) is 6.52. The van der Waals surface area contributed by atoms with Crippen LogP contribution in [0.2, 0.25) is 0 Å². The minimum Gasteiger partial charge on any atom is -0.376 e. The Labute approximate surface area is 142 Å². The molecule has 1 unspecified atom stereocenters. The number of likely N-dealkylation sites (N-methyl/N-ethyl adjacent to an activating group) is 1. The Morgan fingerprint density at radius 1 is 1.21 bits per heavy atom. The van der Waals surface area contributed by atoms with Crippen molar-refractivity contribution in [3.8, 4) is 0 Å². The second-order valence-electron chi connectivity index (χ2n) is 6.52. The zero-order valence-corrected chi connectivity index (χ0v) is 14.2. The number of hydrogen-bond donors (Lipinski definition) is 1. The maximum absolute atomic E-state index is 12.6. The van der Waals surface area contributed by atoms with Crippen LogP contribution >= 0.6 is 0 Å². The molecule has 2 aliphatic heterocycles.